The van der Waals surface area contributed by atoms with E-state index in [9.17, 15) is 5.11 Å². The van der Waals surface area contributed by atoms with Gasteiger partial charge in [-0.05, 0) is 35.2 Å². The van der Waals surface area contributed by atoms with Crippen LogP contribution in [0.25, 0.3) is 5.69 Å². The zero-order chi connectivity index (χ0) is 19.3. The zero-order valence-corrected chi connectivity index (χ0v) is 16.7. The van der Waals surface area contributed by atoms with Gasteiger partial charge in [-0.25, -0.2) is 0 Å². The van der Waals surface area contributed by atoms with Crippen LogP contribution in [0.5, 0.6) is 5.75 Å². The summed E-state index contributed by atoms with van der Waals surface area (Å²) in [6.45, 7) is 6.77. The quantitative estimate of drug-likeness (QED) is 0.623. The first-order valence-corrected chi connectivity index (χ1v) is 9.92. The summed E-state index contributed by atoms with van der Waals surface area (Å²) >= 11 is 1.46. The van der Waals surface area contributed by atoms with Crippen LogP contribution in [0.2, 0.25) is 0 Å². The van der Waals surface area contributed by atoms with Crippen molar-refractivity contribution in [2.24, 2.45) is 0 Å². The van der Waals surface area contributed by atoms with Gasteiger partial charge in [-0.2, -0.15) is 0 Å². The number of ether oxygens (including phenoxy) is 1. The number of rotatable bonds is 7. The molecule has 0 saturated heterocycles. The van der Waals surface area contributed by atoms with Crippen LogP contribution >= 0.6 is 11.8 Å². The standard InChI is InChI=1S/C21H25N3O2S/c1-21(2,3)16-9-11-19(12-10-16)26-13-18(25)14-27-20-23-22-15-24(20)17-7-5-4-6-8-17/h4-12,15,18,25H,13-14H2,1-3H3. The number of benzene rings is 2. The molecule has 5 nitrogen and oxygen atoms in total. The highest BCUT2D eigenvalue weighted by atomic mass is 32.2. The predicted octanol–water partition coefficient (Wildman–Crippen LogP) is 4.10. The summed E-state index contributed by atoms with van der Waals surface area (Å²) in [5.74, 6) is 1.24. The number of hydrogen-bond donors (Lipinski definition) is 1. The Morgan fingerprint density at radius 3 is 2.44 bits per heavy atom. The molecule has 3 aromatic rings. The van der Waals surface area contributed by atoms with Crippen molar-refractivity contribution in [1.29, 1.82) is 0 Å². The minimum absolute atomic E-state index is 0.114. The molecule has 1 aromatic heterocycles. The van der Waals surface area contributed by atoms with Crippen LogP contribution in [-0.4, -0.2) is 38.3 Å². The van der Waals surface area contributed by atoms with Crippen molar-refractivity contribution in [3.63, 3.8) is 0 Å². The van der Waals surface area contributed by atoms with E-state index in [0.717, 1.165) is 16.6 Å². The van der Waals surface area contributed by atoms with Crippen molar-refractivity contribution in [3.05, 3.63) is 66.5 Å². The first kappa shape index (κ1) is 19.5. The molecule has 0 saturated carbocycles. The summed E-state index contributed by atoms with van der Waals surface area (Å²) in [6.07, 6.45) is 1.08. The molecule has 3 rings (SSSR count). The molecule has 0 radical (unpaired) electrons. The fourth-order valence-electron chi connectivity index (χ4n) is 2.55. The van der Waals surface area contributed by atoms with Crippen LogP contribution in [-0.2, 0) is 5.41 Å². The second-order valence-corrected chi connectivity index (χ2v) is 8.36. The summed E-state index contributed by atoms with van der Waals surface area (Å²) in [7, 11) is 0. The summed E-state index contributed by atoms with van der Waals surface area (Å²) in [5, 5.41) is 19.1. The Morgan fingerprint density at radius 1 is 1.07 bits per heavy atom. The van der Waals surface area contributed by atoms with Crippen LogP contribution in [0.4, 0.5) is 0 Å². The van der Waals surface area contributed by atoms with E-state index < -0.39 is 6.10 Å². The normalized spacial score (nSPS) is 12.7. The molecule has 0 spiro atoms. The Kier molecular flexibility index (Phi) is 6.19. The van der Waals surface area contributed by atoms with E-state index in [1.165, 1.54) is 17.3 Å². The highest BCUT2D eigenvalue weighted by Gasteiger charge is 2.14. The van der Waals surface area contributed by atoms with E-state index in [1.54, 1.807) is 6.33 Å². The fraction of sp³-hybridized carbons (Fsp3) is 0.333. The molecular formula is C21H25N3O2S. The lowest BCUT2D eigenvalue weighted by Crippen LogP contribution is -2.20. The smallest absolute Gasteiger partial charge is 0.195 e. The van der Waals surface area contributed by atoms with Crippen LogP contribution in [0.1, 0.15) is 26.3 Å². The second-order valence-electron chi connectivity index (χ2n) is 7.37. The maximum absolute atomic E-state index is 10.3. The Morgan fingerprint density at radius 2 is 1.78 bits per heavy atom. The van der Waals surface area contributed by atoms with Crippen LogP contribution < -0.4 is 4.74 Å². The number of thioether (sulfide) groups is 1. The molecule has 1 N–H and O–H groups in total. The van der Waals surface area contributed by atoms with Crippen molar-refractivity contribution in [2.75, 3.05) is 12.4 Å². The molecule has 27 heavy (non-hydrogen) atoms. The van der Waals surface area contributed by atoms with Gasteiger partial charge in [-0.3, -0.25) is 4.57 Å². The molecule has 0 aliphatic rings. The topological polar surface area (TPSA) is 60.2 Å². The molecule has 1 unspecified atom stereocenters. The van der Waals surface area contributed by atoms with Gasteiger partial charge < -0.3 is 9.84 Å². The van der Waals surface area contributed by atoms with Crippen LogP contribution in [0.3, 0.4) is 0 Å². The van der Waals surface area contributed by atoms with Crippen molar-refractivity contribution >= 4 is 11.8 Å². The Labute approximate surface area is 164 Å². The van der Waals surface area contributed by atoms with Gasteiger partial charge in [0.05, 0.1) is 6.10 Å². The molecule has 2 aromatic carbocycles. The largest absolute Gasteiger partial charge is 0.491 e. The second kappa shape index (κ2) is 8.59. The number of nitrogens with zero attached hydrogens (tertiary/aromatic N) is 3. The van der Waals surface area contributed by atoms with Gasteiger partial charge in [-0.15, -0.1) is 10.2 Å². The molecule has 0 fully saturated rings. The summed E-state index contributed by atoms with van der Waals surface area (Å²) in [4.78, 5) is 0. The SMILES string of the molecule is CC(C)(C)c1ccc(OCC(O)CSc2nncn2-c2ccccc2)cc1. The molecule has 0 bridgehead atoms. The van der Waals surface area contributed by atoms with Crippen molar-refractivity contribution in [2.45, 2.75) is 37.4 Å². The highest BCUT2D eigenvalue weighted by molar-refractivity contribution is 7.99. The number of aliphatic hydroxyl groups excluding tert-OH is 1. The first-order chi connectivity index (χ1) is 12.9. The lowest BCUT2D eigenvalue weighted by atomic mass is 9.87. The van der Waals surface area contributed by atoms with E-state index in [0.29, 0.717) is 5.75 Å². The molecule has 0 amide bonds. The number of aromatic nitrogens is 3. The van der Waals surface area contributed by atoms with Crippen molar-refractivity contribution in [1.82, 2.24) is 14.8 Å². The van der Waals surface area contributed by atoms with Gasteiger partial charge in [-0.1, -0.05) is 62.9 Å². The molecule has 6 heteroatoms. The fourth-order valence-corrected chi connectivity index (χ4v) is 3.39. The third-order valence-electron chi connectivity index (χ3n) is 4.12. The molecule has 0 aliphatic carbocycles. The average Bonchev–Trinajstić information content (AvgIpc) is 3.13. The predicted molar refractivity (Wildman–Crippen MR) is 109 cm³/mol. The summed E-state index contributed by atoms with van der Waals surface area (Å²) in [6, 6.07) is 17.9. The van der Waals surface area contributed by atoms with Gasteiger partial charge in [0.2, 0.25) is 0 Å². The van der Waals surface area contributed by atoms with Gasteiger partial charge in [0, 0.05) is 11.4 Å². The molecule has 1 heterocycles. The zero-order valence-electron chi connectivity index (χ0n) is 15.9. The minimum atomic E-state index is -0.599. The molecular weight excluding hydrogens is 358 g/mol. The monoisotopic (exact) mass is 383 g/mol. The lowest BCUT2D eigenvalue weighted by Gasteiger charge is -2.19. The maximum atomic E-state index is 10.3. The van der Waals surface area contributed by atoms with E-state index >= 15 is 0 Å². The third-order valence-corrected chi connectivity index (χ3v) is 5.21. The van der Waals surface area contributed by atoms with Crippen LogP contribution in [0, 0.1) is 0 Å². The van der Waals surface area contributed by atoms with E-state index in [1.807, 2.05) is 47.0 Å². The third kappa shape index (κ3) is 5.34. The molecule has 1 atom stereocenters. The van der Waals surface area contributed by atoms with E-state index in [2.05, 4.69) is 43.1 Å². The summed E-state index contributed by atoms with van der Waals surface area (Å²) in [5.41, 5.74) is 2.37. The van der Waals surface area contributed by atoms with E-state index in [4.69, 9.17) is 4.74 Å². The number of aliphatic hydroxyl groups is 1. The van der Waals surface area contributed by atoms with Gasteiger partial charge in [0.25, 0.3) is 0 Å². The van der Waals surface area contributed by atoms with Gasteiger partial charge in [0.15, 0.2) is 5.16 Å². The van der Waals surface area contributed by atoms with Gasteiger partial charge in [0.1, 0.15) is 18.7 Å². The summed E-state index contributed by atoms with van der Waals surface area (Å²) < 4.78 is 7.62. The lowest BCUT2D eigenvalue weighted by molar-refractivity contribution is 0.126. The van der Waals surface area contributed by atoms with E-state index in [-0.39, 0.29) is 12.0 Å². The average molecular weight is 384 g/mol. The van der Waals surface area contributed by atoms with Crippen molar-refractivity contribution in [3.8, 4) is 11.4 Å². The van der Waals surface area contributed by atoms with Gasteiger partial charge >= 0.3 is 0 Å². The van der Waals surface area contributed by atoms with Crippen molar-refractivity contribution < 1.29 is 9.84 Å². The highest BCUT2D eigenvalue weighted by Crippen LogP contribution is 2.24. The Balaban J connectivity index is 1.51. The Hall–Kier alpha value is -2.31. The minimum Gasteiger partial charge on any atom is -0.491 e. The first-order valence-electron chi connectivity index (χ1n) is 8.93. The number of hydrogen-bond acceptors (Lipinski definition) is 5. The molecule has 0 aliphatic heterocycles. The molecule has 142 valence electrons. The van der Waals surface area contributed by atoms with Crippen LogP contribution in [0.15, 0.2) is 66.1 Å². The maximum Gasteiger partial charge on any atom is 0.195 e. The Bertz CT molecular complexity index is 842. The number of para-hydroxylation sites is 1.